The van der Waals surface area contributed by atoms with Gasteiger partial charge in [0.25, 0.3) is 0 Å². The largest absolute Gasteiger partial charge is 0.394 e. The molecule has 3 aliphatic heterocycles. The Morgan fingerprint density at radius 1 is 0.703 bits per heavy atom. The standard InChI is InChI=1S/C21H37N3O13/c1-2-3-24-12-16(31)18(36-20-11(23)14(29)13(28)7(4-25)34-20)9(6-27)35-21(12)37-17-8(5-26)33-19(32)10(22)15(17)30/h2-3,7-21,25-32H,1,4-6,22-23H2/t7-,8-,9-,10-,11-,12-,13-,14-,15-,16-,17?,18?,19-,20+,21+/m1/s1. The van der Waals surface area contributed by atoms with E-state index in [1.165, 1.54) is 12.3 Å². The molecule has 2 unspecified atom stereocenters. The fourth-order valence-corrected chi connectivity index (χ4v) is 4.46. The van der Waals surface area contributed by atoms with Gasteiger partial charge in [-0.2, -0.15) is 0 Å². The van der Waals surface area contributed by atoms with E-state index in [0.29, 0.717) is 0 Å². The minimum atomic E-state index is -1.57. The smallest absolute Gasteiger partial charge is 0.183 e. The van der Waals surface area contributed by atoms with E-state index in [-0.39, 0.29) is 0 Å². The monoisotopic (exact) mass is 539 g/mol. The average molecular weight is 540 g/mol. The Balaban J connectivity index is 1.83. The lowest BCUT2D eigenvalue weighted by Gasteiger charge is -2.48. The van der Waals surface area contributed by atoms with Crippen LogP contribution in [0.3, 0.4) is 0 Å². The molecule has 0 amide bonds. The van der Waals surface area contributed by atoms with Crippen molar-refractivity contribution in [2.75, 3.05) is 19.8 Å². The van der Waals surface area contributed by atoms with Crippen molar-refractivity contribution in [1.29, 1.82) is 0 Å². The third-order valence-electron chi connectivity index (χ3n) is 6.62. The molecule has 0 aromatic heterocycles. The van der Waals surface area contributed by atoms with Gasteiger partial charge in [0.05, 0.1) is 31.9 Å². The van der Waals surface area contributed by atoms with Crippen LogP contribution in [0.15, 0.2) is 17.6 Å². The van der Waals surface area contributed by atoms with Gasteiger partial charge in [-0.05, 0) is 0 Å². The lowest BCUT2D eigenvalue weighted by Crippen LogP contribution is -2.67. The van der Waals surface area contributed by atoms with Crippen LogP contribution in [-0.2, 0) is 23.7 Å². The Kier molecular flexibility index (Phi) is 10.9. The van der Waals surface area contributed by atoms with E-state index < -0.39 is 112 Å². The maximum atomic E-state index is 11.2. The van der Waals surface area contributed by atoms with Crippen molar-refractivity contribution in [1.82, 2.24) is 0 Å². The van der Waals surface area contributed by atoms with Crippen LogP contribution in [0, 0.1) is 0 Å². The van der Waals surface area contributed by atoms with Crippen LogP contribution in [0.5, 0.6) is 0 Å². The minimum absolute atomic E-state index is 0.658. The molecule has 0 aromatic carbocycles. The van der Waals surface area contributed by atoms with Gasteiger partial charge in [-0.1, -0.05) is 12.7 Å². The van der Waals surface area contributed by atoms with Gasteiger partial charge < -0.3 is 76.0 Å². The SMILES string of the molecule is C=CC=N[C@H]1[C@H](OC2[C@@H](CO)O[C@@H](O)[C@H](N)[C@H]2O)O[C@H](CO)C(O[C@@H]2O[C@H](CO)[C@@H](O)[C@H](O)[C@H]2N)[C@@H]1O. The first-order valence-corrected chi connectivity index (χ1v) is 11.7. The van der Waals surface area contributed by atoms with Crippen LogP contribution in [0.2, 0.25) is 0 Å². The van der Waals surface area contributed by atoms with E-state index in [0.717, 1.165) is 0 Å². The number of ether oxygens (including phenoxy) is 5. The van der Waals surface area contributed by atoms with Gasteiger partial charge in [0.1, 0.15) is 61.0 Å². The molecule has 16 heteroatoms. The van der Waals surface area contributed by atoms with Crippen molar-refractivity contribution < 1.29 is 64.5 Å². The quantitative estimate of drug-likeness (QED) is 0.122. The van der Waals surface area contributed by atoms with Crippen LogP contribution < -0.4 is 11.5 Å². The average Bonchev–Trinajstić information content (AvgIpc) is 2.89. The summed E-state index contributed by atoms with van der Waals surface area (Å²) in [6.07, 6.45) is -14.4. The number of aliphatic hydroxyl groups is 8. The molecular formula is C21H37N3O13. The van der Waals surface area contributed by atoms with Crippen LogP contribution in [-0.4, -0.2) is 159 Å². The Labute approximate surface area is 212 Å². The van der Waals surface area contributed by atoms with Gasteiger partial charge in [-0.3, -0.25) is 4.99 Å². The van der Waals surface area contributed by atoms with Crippen LogP contribution in [0.1, 0.15) is 0 Å². The maximum Gasteiger partial charge on any atom is 0.183 e. The van der Waals surface area contributed by atoms with Crippen LogP contribution in [0.4, 0.5) is 0 Å². The number of aliphatic hydroxyl groups excluding tert-OH is 8. The predicted octanol–water partition coefficient (Wildman–Crippen LogP) is -6.38. The van der Waals surface area contributed by atoms with Gasteiger partial charge in [-0.15, -0.1) is 0 Å². The van der Waals surface area contributed by atoms with E-state index in [2.05, 4.69) is 11.6 Å². The van der Waals surface area contributed by atoms with E-state index in [9.17, 15) is 40.9 Å². The number of aliphatic imine (C=N–C) groups is 1. The van der Waals surface area contributed by atoms with Gasteiger partial charge in [0, 0.05) is 6.21 Å². The lowest BCUT2D eigenvalue weighted by atomic mass is 9.94. The zero-order chi connectivity index (χ0) is 27.4. The molecule has 37 heavy (non-hydrogen) atoms. The minimum Gasteiger partial charge on any atom is -0.394 e. The van der Waals surface area contributed by atoms with E-state index in [1.54, 1.807) is 0 Å². The Morgan fingerprint density at radius 3 is 1.84 bits per heavy atom. The summed E-state index contributed by atoms with van der Waals surface area (Å²) >= 11 is 0. The third kappa shape index (κ3) is 6.35. The Morgan fingerprint density at radius 2 is 1.24 bits per heavy atom. The molecule has 12 N–H and O–H groups in total. The fourth-order valence-electron chi connectivity index (χ4n) is 4.46. The highest BCUT2D eigenvalue weighted by Crippen LogP contribution is 2.32. The Hall–Kier alpha value is -1.19. The number of hydrogen-bond donors (Lipinski definition) is 10. The second-order valence-electron chi connectivity index (χ2n) is 9.04. The van der Waals surface area contributed by atoms with Gasteiger partial charge >= 0.3 is 0 Å². The Bertz CT molecular complexity index is 761. The topological polar surface area (TPSA) is 272 Å². The summed E-state index contributed by atoms with van der Waals surface area (Å²) in [4.78, 5) is 4.16. The summed E-state index contributed by atoms with van der Waals surface area (Å²) in [6, 6.07) is -3.84. The molecule has 214 valence electrons. The normalized spacial score (nSPS) is 49.3. The highest BCUT2D eigenvalue weighted by Gasteiger charge is 2.53. The lowest BCUT2D eigenvalue weighted by molar-refractivity contribution is -0.347. The number of nitrogens with zero attached hydrogens (tertiary/aromatic N) is 1. The van der Waals surface area contributed by atoms with E-state index in [4.69, 9.17) is 35.2 Å². The fraction of sp³-hybridized carbons (Fsp3) is 0.857. The van der Waals surface area contributed by atoms with E-state index >= 15 is 0 Å². The summed E-state index contributed by atoms with van der Waals surface area (Å²) in [5.74, 6) is 0. The second-order valence-corrected chi connectivity index (χ2v) is 9.04. The molecule has 0 aromatic rings. The molecule has 3 rings (SSSR count). The summed E-state index contributed by atoms with van der Waals surface area (Å²) in [7, 11) is 0. The molecule has 16 nitrogen and oxygen atoms in total. The van der Waals surface area contributed by atoms with Crippen molar-refractivity contribution in [3.63, 3.8) is 0 Å². The molecule has 15 atom stereocenters. The molecule has 0 aliphatic carbocycles. The molecule has 3 aliphatic rings. The van der Waals surface area contributed by atoms with Crippen LogP contribution in [0.25, 0.3) is 0 Å². The highest BCUT2D eigenvalue weighted by molar-refractivity contribution is 5.70. The molecule has 0 saturated carbocycles. The van der Waals surface area contributed by atoms with Gasteiger partial charge in [0.2, 0.25) is 0 Å². The molecule has 0 bridgehead atoms. The maximum absolute atomic E-state index is 11.2. The molecular weight excluding hydrogens is 502 g/mol. The van der Waals surface area contributed by atoms with E-state index in [1.807, 2.05) is 0 Å². The van der Waals surface area contributed by atoms with Gasteiger partial charge in [0.15, 0.2) is 18.9 Å². The molecule has 3 fully saturated rings. The first-order chi connectivity index (χ1) is 17.6. The first kappa shape index (κ1) is 30.4. The van der Waals surface area contributed by atoms with Crippen molar-refractivity contribution in [2.24, 2.45) is 16.5 Å². The zero-order valence-corrected chi connectivity index (χ0v) is 19.9. The van der Waals surface area contributed by atoms with Crippen molar-refractivity contribution >= 4 is 6.21 Å². The van der Waals surface area contributed by atoms with Crippen molar-refractivity contribution in [3.8, 4) is 0 Å². The molecule has 0 spiro atoms. The number of nitrogens with two attached hydrogens (primary N) is 2. The van der Waals surface area contributed by atoms with Crippen molar-refractivity contribution in [3.05, 3.63) is 12.7 Å². The van der Waals surface area contributed by atoms with Crippen LogP contribution >= 0.6 is 0 Å². The zero-order valence-electron chi connectivity index (χ0n) is 19.9. The molecule has 0 radical (unpaired) electrons. The van der Waals surface area contributed by atoms with Crippen molar-refractivity contribution in [2.45, 2.75) is 91.9 Å². The second kappa shape index (κ2) is 13.2. The number of rotatable bonds is 9. The summed E-state index contributed by atoms with van der Waals surface area (Å²) < 4.78 is 28.0. The predicted molar refractivity (Wildman–Crippen MR) is 122 cm³/mol. The summed E-state index contributed by atoms with van der Waals surface area (Å²) in [6.45, 7) is 1.50. The summed E-state index contributed by atoms with van der Waals surface area (Å²) in [5, 5.41) is 80.9. The highest BCUT2D eigenvalue weighted by atomic mass is 16.7. The third-order valence-corrected chi connectivity index (χ3v) is 6.62. The summed E-state index contributed by atoms with van der Waals surface area (Å²) in [5.41, 5.74) is 11.7. The number of hydrogen-bond acceptors (Lipinski definition) is 16. The molecule has 3 heterocycles. The first-order valence-electron chi connectivity index (χ1n) is 11.7. The van der Waals surface area contributed by atoms with Gasteiger partial charge in [-0.25, -0.2) is 0 Å². The number of allylic oxidation sites excluding steroid dienone is 1. The molecule has 3 saturated heterocycles.